The number of amides is 1. The van der Waals surface area contributed by atoms with E-state index in [2.05, 4.69) is 15.3 Å². The van der Waals surface area contributed by atoms with E-state index in [0.29, 0.717) is 11.6 Å². The van der Waals surface area contributed by atoms with Gasteiger partial charge in [-0.3, -0.25) is 4.79 Å². The number of hydrogen-bond donors (Lipinski definition) is 2. The molecule has 0 spiro atoms. The van der Waals surface area contributed by atoms with Crippen LogP contribution in [0.3, 0.4) is 0 Å². The molecule has 0 aliphatic heterocycles. The number of benzene rings is 1. The summed E-state index contributed by atoms with van der Waals surface area (Å²) in [5.41, 5.74) is 5.74. The summed E-state index contributed by atoms with van der Waals surface area (Å²) in [6.07, 6.45) is 2.89. The van der Waals surface area contributed by atoms with Gasteiger partial charge in [0.1, 0.15) is 0 Å². The van der Waals surface area contributed by atoms with Crippen LogP contribution in [0.2, 0.25) is 5.02 Å². The number of nitrogens with one attached hydrogen (secondary N) is 1. The average molecular weight is 309 g/mol. The Morgan fingerprint density at radius 2 is 1.95 bits per heavy atom. The van der Waals surface area contributed by atoms with E-state index < -0.39 is 0 Å². The average Bonchev–Trinajstić information content (AvgIpc) is 2.46. The summed E-state index contributed by atoms with van der Waals surface area (Å²) in [4.78, 5) is 20.6. The minimum atomic E-state index is -0.313. The summed E-state index contributed by atoms with van der Waals surface area (Å²) in [5, 5.41) is 3.46. The summed E-state index contributed by atoms with van der Waals surface area (Å²) in [6, 6.07) is 7.55. The van der Waals surface area contributed by atoms with Gasteiger partial charge >= 0.3 is 0 Å². The van der Waals surface area contributed by atoms with Crippen LogP contribution >= 0.6 is 23.4 Å². The first-order chi connectivity index (χ1) is 9.66. The Labute approximate surface area is 126 Å². The zero-order chi connectivity index (χ0) is 14.4. The van der Waals surface area contributed by atoms with Gasteiger partial charge in [-0.1, -0.05) is 11.6 Å². The number of aromatic nitrogens is 2. The van der Waals surface area contributed by atoms with E-state index in [9.17, 15) is 4.79 Å². The molecule has 0 saturated heterocycles. The van der Waals surface area contributed by atoms with Crippen molar-refractivity contribution >= 4 is 35.1 Å². The van der Waals surface area contributed by atoms with Gasteiger partial charge in [-0.2, -0.15) is 0 Å². The number of halogens is 1. The van der Waals surface area contributed by atoms with Gasteiger partial charge in [-0.25, -0.2) is 9.97 Å². The lowest BCUT2D eigenvalue weighted by Gasteiger charge is -2.06. The number of nitrogens with zero attached hydrogens (tertiary/aromatic N) is 2. The van der Waals surface area contributed by atoms with E-state index in [1.165, 1.54) is 12.4 Å². The molecule has 0 saturated carbocycles. The second-order valence-corrected chi connectivity index (χ2v) is 5.45. The zero-order valence-corrected chi connectivity index (χ0v) is 12.1. The highest BCUT2D eigenvalue weighted by Crippen LogP contribution is 2.19. The Balaban J connectivity index is 1.77. The number of hydrogen-bond acceptors (Lipinski definition) is 5. The molecule has 0 bridgehead atoms. The molecule has 0 unspecified atom stereocenters. The van der Waals surface area contributed by atoms with Gasteiger partial charge in [0.05, 0.1) is 0 Å². The molecule has 1 aromatic heterocycles. The maximum Gasteiger partial charge on any atom is 0.273 e. The number of nitrogen functional groups attached to an aromatic ring is 1. The molecule has 7 heteroatoms. The van der Waals surface area contributed by atoms with Crippen LogP contribution in [0.25, 0.3) is 0 Å². The SMILES string of the molecule is Nc1nccnc1C(=O)NCCSc1ccc(Cl)cc1. The molecular weight excluding hydrogens is 296 g/mol. The van der Waals surface area contributed by atoms with Crippen molar-refractivity contribution < 1.29 is 4.79 Å². The second kappa shape index (κ2) is 7.12. The molecule has 2 rings (SSSR count). The van der Waals surface area contributed by atoms with E-state index in [4.69, 9.17) is 17.3 Å². The van der Waals surface area contributed by atoms with Crippen LogP contribution < -0.4 is 11.1 Å². The predicted octanol–water partition coefficient (Wildman–Crippen LogP) is 2.23. The number of nitrogens with two attached hydrogens (primary N) is 1. The summed E-state index contributed by atoms with van der Waals surface area (Å²) < 4.78 is 0. The highest BCUT2D eigenvalue weighted by atomic mass is 35.5. The lowest BCUT2D eigenvalue weighted by atomic mass is 10.4. The molecule has 3 N–H and O–H groups in total. The molecule has 5 nitrogen and oxygen atoms in total. The second-order valence-electron chi connectivity index (χ2n) is 3.85. The molecule has 0 aliphatic rings. The smallest absolute Gasteiger partial charge is 0.273 e. The van der Waals surface area contributed by atoms with E-state index in [1.54, 1.807) is 11.8 Å². The van der Waals surface area contributed by atoms with Crippen molar-refractivity contribution in [3.05, 3.63) is 47.4 Å². The maximum absolute atomic E-state index is 11.8. The molecule has 2 aromatic rings. The molecule has 0 aliphatic carbocycles. The largest absolute Gasteiger partial charge is 0.382 e. The first-order valence-corrected chi connectivity index (χ1v) is 7.26. The monoisotopic (exact) mass is 308 g/mol. The molecule has 0 fully saturated rings. The molecule has 20 heavy (non-hydrogen) atoms. The number of carbonyl (C=O) groups excluding carboxylic acids is 1. The molecule has 1 heterocycles. The lowest BCUT2D eigenvalue weighted by Crippen LogP contribution is -2.27. The van der Waals surface area contributed by atoms with Crippen molar-refractivity contribution in [3.8, 4) is 0 Å². The Morgan fingerprint density at radius 3 is 2.65 bits per heavy atom. The van der Waals surface area contributed by atoms with Crippen LogP contribution in [-0.2, 0) is 0 Å². The van der Waals surface area contributed by atoms with Crippen LogP contribution in [0.4, 0.5) is 5.82 Å². The van der Waals surface area contributed by atoms with E-state index in [1.807, 2.05) is 24.3 Å². The Bertz CT molecular complexity index is 591. The molecular formula is C13H13ClN4OS. The summed E-state index contributed by atoms with van der Waals surface area (Å²) >= 11 is 7.44. The fourth-order valence-corrected chi connectivity index (χ4v) is 2.37. The number of rotatable bonds is 5. The van der Waals surface area contributed by atoms with E-state index in [-0.39, 0.29) is 17.4 Å². The van der Waals surface area contributed by atoms with Crippen molar-refractivity contribution in [3.63, 3.8) is 0 Å². The van der Waals surface area contributed by atoms with Gasteiger partial charge in [0.25, 0.3) is 5.91 Å². The maximum atomic E-state index is 11.8. The molecule has 1 aromatic carbocycles. The van der Waals surface area contributed by atoms with Crippen LogP contribution in [0.1, 0.15) is 10.5 Å². The Kier molecular flexibility index (Phi) is 5.20. The van der Waals surface area contributed by atoms with Gasteiger partial charge in [-0.05, 0) is 24.3 Å². The van der Waals surface area contributed by atoms with Crippen LogP contribution in [-0.4, -0.2) is 28.2 Å². The zero-order valence-electron chi connectivity index (χ0n) is 10.5. The first kappa shape index (κ1) is 14.6. The fraction of sp³-hybridized carbons (Fsp3) is 0.154. The molecule has 104 valence electrons. The Hall–Kier alpha value is -1.79. The summed E-state index contributed by atoms with van der Waals surface area (Å²) in [6.45, 7) is 0.516. The minimum absolute atomic E-state index is 0.135. The fourth-order valence-electron chi connectivity index (χ4n) is 1.47. The highest BCUT2D eigenvalue weighted by molar-refractivity contribution is 7.99. The van der Waals surface area contributed by atoms with Crippen molar-refractivity contribution in [2.75, 3.05) is 18.0 Å². The normalized spacial score (nSPS) is 10.2. The third kappa shape index (κ3) is 4.11. The van der Waals surface area contributed by atoms with Crippen molar-refractivity contribution in [1.29, 1.82) is 0 Å². The van der Waals surface area contributed by atoms with Crippen LogP contribution in [0.5, 0.6) is 0 Å². The van der Waals surface area contributed by atoms with Crippen molar-refractivity contribution in [2.45, 2.75) is 4.90 Å². The summed E-state index contributed by atoms with van der Waals surface area (Å²) in [7, 11) is 0. The highest BCUT2D eigenvalue weighted by Gasteiger charge is 2.10. The lowest BCUT2D eigenvalue weighted by molar-refractivity contribution is 0.0952. The third-order valence-electron chi connectivity index (χ3n) is 2.41. The number of anilines is 1. The van der Waals surface area contributed by atoms with E-state index in [0.717, 1.165) is 10.6 Å². The van der Waals surface area contributed by atoms with Gasteiger partial charge < -0.3 is 11.1 Å². The van der Waals surface area contributed by atoms with E-state index >= 15 is 0 Å². The predicted molar refractivity (Wildman–Crippen MR) is 81.0 cm³/mol. The van der Waals surface area contributed by atoms with Crippen molar-refractivity contribution in [2.24, 2.45) is 0 Å². The third-order valence-corrected chi connectivity index (χ3v) is 3.68. The van der Waals surface area contributed by atoms with Gasteiger partial charge in [-0.15, -0.1) is 11.8 Å². The topological polar surface area (TPSA) is 80.9 Å². The van der Waals surface area contributed by atoms with Gasteiger partial charge in [0.15, 0.2) is 11.5 Å². The Morgan fingerprint density at radius 1 is 1.25 bits per heavy atom. The molecule has 0 atom stereocenters. The first-order valence-electron chi connectivity index (χ1n) is 5.90. The van der Waals surface area contributed by atoms with Crippen LogP contribution in [0, 0.1) is 0 Å². The quantitative estimate of drug-likeness (QED) is 0.654. The number of carbonyl (C=O) groups is 1. The standard InChI is InChI=1S/C13H13ClN4OS/c14-9-1-3-10(4-2-9)20-8-7-18-13(19)11-12(15)17-6-5-16-11/h1-6H,7-8H2,(H2,15,17)(H,18,19). The number of thioether (sulfide) groups is 1. The molecule has 1 amide bonds. The van der Waals surface area contributed by atoms with Crippen molar-refractivity contribution in [1.82, 2.24) is 15.3 Å². The van der Waals surface area contributed by atoms with Gasteiger partial charge in [0.2, 0.25) is 0 Å². The van der Waals surface area contributed by atoms with Crippen LogP contribution in [0.15, 0.2) is 41.6 Å². The molecule has 0 radical (unpaired) electrons. The minimum Gasteiger partial charge on any atom is -0.382 e. The summed E-state index contributed by atoms with van der Waals surface area (Å²) in [5.74, 6) is 0.565. The van der Waals surface area contributed by atoms with Gasteiger partial charge in [0, 0.05) is 34.6 Å².